The number of benzene rings is 1. The van der Waals surface area contributed by atoms with Gasteiger partial charge in [0.2, 0.25) is 5.75 Å². The van der Waals surface area contributed by atoms with Gasteiger partial charge in [-0.3, -0.25) is 9.71 Å². The standard InChI is InChI=1S/C29H31N5O6S/c1-19(2)21-8-9-25(31-18-21)41(35,36)34-28-26(40-24-7-5-4-6-23(24)37-3)29(39-22-12-16-38-17-13-22)33-27(32-28)20-10-14-30-15-11-20/h4-11,14-15,18-19,22H,12-13,16-17H2,1-3H3,(H,32,33,34). The summed E-state index contributed by atoms with van der Waals surface area (Å²) in [4.78, 5) is 17.5. The molecule has 1 aliphatic heterocycles. The molecule has 1 aromatic carbocycles. The third-order valence-electron chi connectivity index (χ3n) is 6.43. The molecule has 4 heterocycles. The number of para-hydroxylation sites is 2. The van der Waals surface area contributed by atoms with E-state index >= 15 is 0 Å². The van der Waals surface area contributed by atoms with Crippen molar-refractivity contribution >= 4 is 15.8 Å². The molecule has 11 nitrogen and oxygen atoms in total. The van der Waals surface area contributed by atoms with E-state index in [4.69, 9.17) is 18.9 Å². The number of aromatic nitrogens is 4. The highest BCUT2D eigenvalue weighted by Gasteiger charge is 2.28. The maximum absolute atomic E-state index is 13.6. The van der Waals surface area contributed by atoms with Crippen LogP contribution >= 0.6 is 0 Å². The summed E-state index contributed by atoms with van der Waals surface area (Å²) in [5, 5.41) is -0.166. The molecular weight excluding hydrogens is 546 g/mol. The average Bonchev–Trinajstić information content (AvgIpc) is 2.99. The van der Waals surface area contributed by atoms with Crippen LogP contribution in [-0.4, -0.2) is 54.8 Å². The summed E-state index contributed by atoms with van der Waals surface area (Å²) in [6.07, 6.45) is 5.79. The lowest BCUT2D eigenvalue weighted by Gasteiger charge is -2.25. The second kappa shape index (κ2) is 12.5. The Morgan fingerprint density at radius 2 is 1.71 bits per heavy atom. The van der Waals surface area contributed by atoms with Gasteiger partial charge in [0.1, 0.15) is 6.10 Å². The minimum Gasteiger partial charge on any atom is -0.493 e. The molecule has 0 spiro atoms. The van der Waals surface area contributed by atoms with E-state index in [1.54, 1.807) is 61.1 Å². The van der Waals surface area contributed by atoms with Crippen LogP contribution < -0.4 is 18.9 Å². The normalized spacial score (nSPS) is 14.0. The molecule has 1 saturated heterocycles. The Morgan fingerprint density at radius 1 is 0.976 bits per heavy atom. The molecule has 3 aromatic heterocycles. The van der Waals surface area contributed by atoms with Gasteiger partial charge in [0.05, 0.1) is 20.3 Å². The van der Waals surface area contributed by atoms with Crippen LogP contribution in [0.15, 0.2) is 72.1 Å². The number of methoxy groups -OCH3 is 1. The molecule has 0 amide bonds. The van der Waals surface area contributed by atoms with Gasteiger partial charge in [-0.05, 0) is 41.8 Å². The molecule has 214 valence electrons. The Hall–Kier alpha value is -4.29. The number of hydrogen-bond donors (Lipinski definition) is 1. The fourth-order valence-corrected chi connectivity index (χ4v) is 5.07. The Kier molecular flexibility index (Phi) is 8.60. The Balaban J connectivity index is 1.64. The first kappa shape index (κ1) is 28.2. The molecule has 0 aliphatic carbocycles. The van der Waals surface area contributed by atoms with Crippen LogP contribution in [0.4, 0.5) is 5.82 Å². The van der Waals surface area contributed by atoms with Crippen LogP contribution in [0.3, 0.4) is 0 Å². The van der Waals surface area contributed by atoms with Gasteiger partial charge < -0.3 is 18.9 Å². The quantitative estimate of drug-likeness (QED) is 0.267. The summed E-state index contributed by atoms with van der Waals surface area (Å²) in [5.41, 5.74) is 1.53. The van der Waals surface area contributed by atoms with Crippen molar-refractivity contribution in [3.05, 3.63) is 72.7 Å². The molecule has 1 N–H and O–H groups in total. The van der Waals surface area contributed by atoms with Crippen molar-refractivity contribution in [3.63, 3.8) is 0 Å². The lowest BCUT2D eigenvalue weighted by molar-refractivity contribution is 0.0228. The fourth-order valence-electron chi connectivity index (χ4n) is 4.14. The molecule has 0 radical (unpaired) electrons. The largest absolute Gasteiger partial charge is 0.493 e. The molecule has 0 bridgehead atoms. The van der Waals surface area contributed by atoms with Crippen LogP contribution in [0, 0.1) is 0 Å². The lowest BCUT2D eigenvalue weighted by atomic mass is 10.1. The van der Waals surface area contributed by atoms with Crippen molar-refractivity contribution in [1.29, 1.82) is 0 Å². The lowest BCUT2D eigenvalue weighted by Crippen LogP contribution is -2.26. The third kappa shape index (κ3) is 6.72. The van der Waals surface area contributed by atoms with E-state index in [0.717, 1.165) is 5.56 Å². The number of rotatable bonds is 10. The van der Waals surface area contributed by atoms with Crippen LogP contribution in [-0.2, 0) is 14.8 Å². The number of nitrogens with one attached hydrogen (secondary N) is 1. The van der Waals surface area contributed by atoms with Crippen molar-refractivity contribution in [2.75, 3.05) is 25.0 Å². The monoisotopic (exact) mass is 577 g/mol. The number of hydrogen-bond acceptors (Lipinski definition) is 10. The SMILES string of the molecule is COc1ccccc1Oc1c(NS(=O)(=O)c2ccc(C(C)C)cn2)nc(-c2ccncc2)nc1OC1CCOCC1. The third-order valence-corrected chi connectivity index (χ3v) is 7.69. The van der Waals surface area contributed by atoms with Crippen molar-refractivity contribution < 1.29 is 27.4 Å². The van der Waals surface area contributed by atoms with E-state index in [1.807, 2.05) is 13.8 Å². The summed E-state index contributed by atoms with van der Waals surface area (Å²) >= 11 is 0. The molecule has 4 aromatic rings. The number of anilines is 1. The van der Waals surface area contributed by atoms with E-state index in [-0.39, 0.29) is 40.3 Å². The second-order valence-corrected chi connectivity index (χ2v) is 11.3. The molecule has 1 aliphatic rings. The fraction of sp³-hybridized carbons (Fsp3) is 0.310. The highest BCUT2D eigenvalue weighted by molar-refractivity contribution is 7.92. The maximum atomic E-state index is 13.6. The first-order valence-electron chi connectivity index (χ1n) is 13.2. The summed E-state index contributed by atoms with van der Waals surface area (Å²) in [7, 11) is -2.67. The zero-order valence-corrected chi connectivity index (χ0v) is 23.8. The molecule has 5 rings (SSSR count). The Labute approximate surface area is 239 Å². The summed E-state index contributed by atoms with van der Waals surface area (Å²) in [6.45, 7) is 5.08. The molecule has 1 fully saturated rings. The summed E-state index contributed by atoms with van der Waals surface area (Å²) < 4.78 is 53.3. The average molecular weight is 578 g/mol. The summed E-state index contributed by atoms with van der Waals surface area (Å²) in [5.74, 6) is 1.13. The molecular formula is C29H31N5O6S. The first-order valence-corrected chi connectivity index (χ1v) is 14.7. The van der Waals surface area contributed by atoms with Gasteiger partial charge in [0.25, 0.3) is 15.9 Å². The molecule has 0 unspecified atom stereocenters. The van der Waals surface area contributed by atoms with E-state index in [0.29, 0.717) is 43.1 Å². The Bertz CT molecular complexity index is 1580. The number of pyridine rings is 2. The van der Waals surface area contributed by atoms with E-state index in [2.05, 4.69) is 24.7 Å². The van der Waals surface area contributed by atoms with Gasteiger partial charge in [0, 0.05) is 37.0 Å². The van der Waals surface area contributed by atoms with Gasteiger partial charge in [-0.1, -0.05) is 32.0 Å². The van der Waals surface area contributed by atoms with E-state index < -0.39 is 10.0 Å². The van der Waals surface area contributed by atoms with Crippen LogP contribution in [0.5, 0.6) is 23.1 Å². The Morgan fingerprint density at radius 3 is 2.37 bits per heavy atom. The van der Waals surface area contributed by atoms with Crippen LogP contribution in [0.1, 0.15) is 38.2 Å². The molecule has 0 atom stereocenters. The second-order valence-electron chi connectivity index (χ2n) is 9.64. The predicted octanol–water partition coefficient (Wildman–Crippen LogP) is 5.22. The molecule has 0 saturated carbocycles. The summed E-state index contributed by atoms with van der Waals surface area (Å²) in [6, 6.07) is 13.6. The van der Waals surface area contributed by atoms with Gasteiger partial charge in [-0.2, -0.15) is 13.4 Å². The van der Waals surface area contributed by atoms with Gasteiger partial charge in [-0.25, -0.2) is 9.97 Å². The highest BCUT2D eigenvalue weighted by Crippen LogP contribution is 2.42. The minimum absolute atomic E-state index is 0.0128. The van der Waals surface area contributed by atoms with Crippen molar-refractivity contribution in [3.8, 4) is 34.5 Å². The topological polar surface area (TPSA) is 135 Å². The molecule has 12 heteroatoms. The van der Waals surface area contributed by atoms with E-state index in [1.165, 1.54) is 13.2 Å². The van der Waals surface area contributed by atoms with Gasteiger partial charge >= 0.3 is 0 Å². The number of ether oxygens (including phenoxy) is 4. The highest BCUT2D eigenvalue weighted by atomic mass is 32.2. The minimum atomic E-state index is -4.19. The maximum Gasteiger partial charge on any atom is 0.280 e. The number of nitrogens with zero attached hydrogens (tertiary/aromatic N) is 4. The first-order chi connectivity index (χ1) is 19.8. The zero-order valence-electron chi connectivity index (χ0n) is 23.0. The van der Waals surface area contributed by atoms with Crippen molar-refractivity contribution in [2.45, 2.75) is 43.7 Å². The smallest absolute Gasteiger partial charge is 0.280 e. The van der Waals surface area contributed by atoms with E-state index in [9.17, 15) is 8.42 Å². The van der Waals surface area contributed by atoms with Crippen molar-refractivity contribution in [2.24, 2.45) is 0 Å². The van der Waals surface area contributed by atoms with Gasteiger partial charge in [-0.15, -0.1) is 0 Å². The predicted molar refractivity (Wildman–Crippen MR) is 152 cm³/mol. The van der Waals surface area contributed by atoms with Crippen LogP contribution in [0.25, 0.3) is 11.4 Å². The van der Waals surface area contributed by atoms with Crippen molar-refractivity contribution in [1.82, 2.24) is 19.9 Å². The number of sulfonamides is 1. The van der Waals surface area contributed by atoms with Crippen LogP contribution in [0.2, 0.25) is 0 Å². The zero-order chi connectivity index (χ0) is 28.8. The molecule has 41 heavy (non-hydrogen) atoms. The van der Waals surface area contributed by atoms with Gasteiger partial charge in [0.15, 0.2) is 28.2 Å².